The maximum Gasteiger partial charge on any atom is 0.306 e. The van der Waals surface area contributed by atoms with Crippen molar-refractivity contribution in [2.75, 3.05) is 13.2 Å². The van der Waals surface area contributed by atoms with Gasteiger partial charge < -0.3 is 14.2 Å². The summed E-state index contributed by atoms with van der Waals surface area (Å²) in [6, 6.07) is 0. The van der Waals surface area contributed by atoms with Crippen LogP contribution in [0.3, 0.4) is 0 Å². The van der Waals surface area contributed by atoms with Crippen molar-refractivity contribution in [3.05, 3.63) is 72.9 Å². The summed E-state index contributed by atoms with van der Waals surface area (Å²) < 4.78 is 16.9. The molecule has 0 rings (SSSR count). The zero-order chi connectivity index (χ0) is 56.4. The number of allylic oxidation sites excluding steroid dienone is 12. The van der Waals surface area contributed by atoms with E-state index >= 15 is 0 Å². The smallest absolute Gasteiger partial charge is 0.306 e. The van der Waals surface area contributed by atoms with E-state index in [0.717, 1.165) is 103 Å². The molecule has 0 saturated heterocycles. The number of esters is 3. The number of carbonyl (C=O) groups excluding carboxylic acids is 3. The van der Waals surface area contributed by atoms with E-state index in [1.54, 1.807) is 0 Å². The number of hydrogen-bond donors (Lipinski definition) is 0. The van der Waals surface area contributed by atoms with Crippen LogP contribution in [0.4, 0.5) is 0 Å². The molecule has 0 fully saturated rings. The van der Waals surface area contributed by atoms with E-state index in [0.29, 0.717) is 19.3 Å². The van der Waals surface area contributed by atoms with Gasteiger partial charge in [0.2, 0.25) is 0 Å². The predicted molar refractivity (Wildman–Crippen MR) is 339 cm³/mol. The predicted octanol–water partition coefficient (Wildman–Crippen LogP) is 23.3. The Morgan fingerprint density at radius 2 is 0.474 bits per heavy atom. The van der Waals surface area contributed by atoms with Gasteiger partial charge in [0.05, 0.1) is 0 Å². The van der Waals surface area contributed by atoms with Gasteiger partial charge in [-0.25, -0.2) is 0 Å². The normalized spacial score (nSPS) is 12.5. The lowest BCUT2D eigenvalue weighted by molar-refractivity contribution is -0.167. The summed E-state index contributed by atoms with van der Waals surface area (Å²) in [6.45, 7) is 6.59. The van der Waals surface area contributed by atoms with E-state index < -0.39 is 6.10 Å². The summed E-state index contributed by atoms with van der Waals surface area (Å²) in [6.07, 6.45) is 86.3. The average Bonchev–Trinajstić information content (AvgIpc) is 3.44. The maximum atomic E-state index is 12.9. The van der Waals surface area contributed by atoms with E-state index in [1.807, 2.05) is 0 Å². The van der Waals surface area contributed by atoms with Crippen molar-refractivity contribution in [2.24, 2.45) is 0 Å². The molecule has 0 aliphatic carbocycles. The topological polar surface area (TPSA) is 78.9 Å². The van der Waals surface area contributed by atoms with E-state index in [2.05, 4.69) is 93.7 Å². The van der Waals surface area contributed by atoms with Crippen molar-refractivity contribution in [1.29, 1.82) is 0 Å². The highest BCUT2D eigenvalue weighted by atomic mass is 16.6. The monoisotopic (exact) mass is 1090 g/mol. The Kier molecular flexibility index (Phi) is 63.7. The molecule has 0 amide bonds. The van der Waals surface area contributed by atoms with E-state index in [9.17, 15) is 14.4 Å². The van der Waals surface area contributed by atoms with Gasteiger partial charge in [-0.3, -0.25) is 14.4 Å². The van der Waals surface area contributed by atoms with Gasteiger partial charge in [0.25, 0.3) is 0 Å². The lowest BCUT2D eigenvalue weighted by Gasteiger charge is -2.18. The molecular weight excluding hydrogens is 961 g/mol. The first-order valence-corrected chi connectivity index (χ1v) is 33.9. The first-order valence-electron chi connectivity index (χ1n) is 33.9. The van der Waals surface area contributed by atoms with Crippen LogP contribution in [0.25, 0.3) is 0 Å². The van der Waals surface area contributed by atoms with Gasteiger partial charge in [-0.05, 0) is 109 Å². The molecule has 0 radical (unpaired) electrons. The Labute approximate surface area is 484 Å². The van der Waals surface area contributed by atoms with Crippen LogP contribution in [0.1, 0.15) is 348 Å². The Balaban J connectivity index is 4.28. The summed E-state index contributed by atoms with van der Waals surface area (Å²) in [4.78, 5) is 38.4. The molecule has 0 heterocycles. The van der Waals surface area contributed by atoms with Crippen LogP contribution in [-0.2, 0) is 28.6 Å². The molecule has 0 aromatic heterocycles. The molecule has 0 saturated carbocycles. The standard InChI is InChI=1S/C72H128O6/c1-4-7-10-13-16-19-22-25-28-30-32-33-34-35-36-37-38-39-41-42-44-47-50-53-56-59-62-65-71(74)77-68-69(67-76-70(73)64-61-58-55-52-49-46-27-24-21-18-15-12-9-6-3)78-72(75)66-63-60-57-54-51-48-45-43-40-31-29-26-23-20-17-14-11-8-5-2/h15,17-18,20,24,26-27,29-30,32,40,43,69H,4-14,16,19,21-23,25,28,31,33-39,41-42,44-68H2,1-3H3/b18-15-,20-17-,27-24-,29-26-,32-30-,43-40-. The second-order valence-electron chi connectivity index (χ2n) is 22.7. The molecule has 0 aliphatic heterocycles. The molecule has 0 spiro atoms. The minimum atomic E-state index is -0.789. The van der Waals surface area contributed by atoms with Gasteiger partial charge in [0.1, 0.15) is 13.2 Å². The quantitative estimate of drug-likeness (QED) is 0.0261. The fourth-order valence-corrected chi connectivity index (χ4v) is 9.76. The summed E-state index contributed by atoms with van der Waals surface area (Å²) in [5.41, 5.74) is 0. The third-order valence-corrected chi connectivity index (χ3v) is 14.9. The van der Waals surface area contributed by atoms with Crippen molar-refractivity contribution in [1.82, 2.24) is 0 Å². The molecule has 78 heavy (non-hydrogen) atoms. The molecule has 1 atom stereocenters. The van der Waals surface area contributed by atoms with Crippen LogP contribution < -0.4 is 0 Å². The lowest BCUT2D eigenvalue weighted by Crippen LogP contribution is -2.30. The maximum absolute atomic E-state index is 12.9. The first kappa shape index (κ1) is 74.8. The largest absolute Gasteiger partial charge is 0.462 e. The number of rotatable bonds is 62. The summed E-state index contributed by atoms with van der Waals surface area (Å²) in [5, 5.41) is 0. The Morgan fingerprint density at radius 3 is 0.795 bits per heavy atom. The van der Waals surface area contributed by atoms with Crippen LogP contribution in [0, 0.1) is 0 Å². The fourth-order valence-electron chi connectivity index (χ4n) is 9.76. The SMILES string of the molecule is CCCC/C=C\C/C=C\CCCCCCCC(=O)OCC(COC(=O)CCCCCCCCCCCCCCCCC/C=C\CCCCCCCCCC)OC(=O)CCCCCCCC/C=C\C/C=C\C/C=C\CCCCC. The van der Waals surface area contributed by atoms with Crippen LogP contribution >= 0.6 is 0 Å². The van der Waals surface area contributed by atoms with Gasteiger partial charge in [-0.2, -0.15) is 0 Å². The Hall–Kier alpha value is -3.15. The zero-order valence-electron chi connectivity index (χ0n) is 51.9. The molecule has 0 bridgehead atoms. The molecule has 0 aromatic rings. The van der Waals surface area contributed by atoms with Gasteiger partial charge in [0, 0.05) is 19.3 Å². The van der Waals surface area contributed by atoms with Crippen LogP contribution in [0.15, 0.2) is 72.9 Å². The molecule has 6 nitrogen and oxygen atoms in total. The van der Waals surface area contributed by atoms with E-state index in [4.69, 9.17) is 14.2 Å². The summed E-state index contributed by atoms with van der Waals surface area (Å²) in [5.74, 6) is -0.894. The summed E-state index contributed by atoms with van der Waals surface area (Å²) in [7, 11) is 0. The molecular formula is C72H128O6. The van der Waals surface area contributed by atoms with Gasteiger partial charge in [-0.1, -0.05) is 293 Å². The van der Waals surface area contributed by atoms with Crippen molar-refractivity contribution >= 4 is 17.9 Å². The van der Waals surface area contributed by atoms with Crippen molar-refractivity contribution in [2.45, 2.75) is 354 Å². The number of carbonyl (C=O) groups is 3. The Bertz CT molecular complexity index is 1440. The lowest BCUT2D eigenvalue weighted by atomic mass is 10.0. The Morgan fingerprint density at radius 1 is 0.256 bits per heavy atom. The highest BCUT2D eigenvalue weighted by Gasteiger charge is 2.19. The first-order chi connectivity index (χ1) is 38.5. The molecule has 0 aliphatic rings. The zero-order valence-corrected chi connectivity index (χ0v) is 51.9. The van der Waals surface area contributed by atoms with Crippen molar-refractivity contribution < 1.29 is 28.6 Å². The second-order valence-corrected chi connectivity index (χ2v) is 22.7. The molecule has 1 unspecified atom stereocenters. The van der Waals surface area contributed by atoms with Gasteiger partial charge in [-0.15, -0.1) is 0 Å². The average molecular weight is 1090 g/mol. The fraction of sp³-hybridized carbons (Fsp3) is 0.792. The van der Waals surface area contributed by atoms with Crippen molar-refractivity contribution in [3.8, 4) is 0 Å². The van der Waals surface area contributed by atoms with E-state index in [-0.39, 0.29) is 31.1 Å². The highest BCUT2D eigenvalue weighted by molar-refractivity contribution is 5.71. The van der Waals surface area contributed by atoms with Crippen molar-refractivity contribution in [3.63, 3.8) is 0 Å². The van der Waals surface area contributed by atoms with Gasteiger partial charge >= 0.3 is 17.9 Å². The van der Waals surface area contributed by atoms with E-state index in [1.165, 1.54) is 205 Å². The molecule has 0 N–H and O–H groups in total. The van der Waals surface area contributed by atoms with Crippen LogP contribution in [0.5, 0.6) is 0 Å². The molecule has 0 aromatic carbocycles. The minimum absolute atomic E-state index is 0.0833. The summed E-state index contributed by atoms with van der Waals surface area (Å²) >= 11 is 0. The number of ether oxygens (including phenoxy) is 3. The minimum Gasteiger partial charge on any atom is -0.462 e. The number of unbranched alkanes of at least 4 members (excludes halogenated alkanes) is 39. The second kappa shape index (κ2) is 66.4. The highest BCUT2D eigenvalue weighted by Crippen LogP contribution is 2.17. The molecule has 6 heteroatoms. The third-order valence-electron chi connectivity index (χ3n) is 14.9. The number of hydrogen-bond acceptors (Lipinski definition) is 6. The molecule has 452 valence electrons. The van der Waals surface area contributed by atoms with Crippen LogP contribution in [-0.4, -0.2) is 37.2 Å². The van der Waals surface area contributed by atoms with Gasteiger partial charge in [0.15, 0.2) is 6.10 Å². The van der Waals surface area contributed by atoms with Crippen LogP contribution in [0.2, 0.25) is 0 Å². The third kappa shape index (κ3) is 63.7.